The number of nitrogen functional groups attached to an aromatic ring is 3. The fourth-order valence-electron chi connectivity index (χ4n) is 7.72. The lowest BCUT2D eigenvalue weighted by Crippen LogP contribution is -2.37. The van der Waals surface area contributed by atoms with Crippen molar-refractivity contribution in [2.24, 2.45) is 0 Å². The first-order valence-corrected chi connectivity index (χ1v) is 27.0. The Kier molecular flexibility index (Phi) is 14.6. The number of fused-ring (bicyclic) bond motifs is 3. The first-order chi connectivity index (χ1) is 33.3. The molecule has 9 rings (SSSR count). The van der Waals surface area contributed by atoms with E-state index in [1.807, 2.05) is 0 Å². The molecule has 6 aromatic heterocycles. The average Bonchev–Trinajstić information content (AvgIpc) is 4.18. The second-order valence-electron chi connectivity index (χ2n) is 15.4. The molecule has 3 aliphatic heterocycles. The molecule has 0 amide bonds. The molecule has 38 heteroatoms. The summed E-state index contributed by atoms with van der Waals surface area (Å²) in [6, 6.07) is 0. The number of aliphatic hydroxyl groups excluding tert-OH is 5. The average molecular weight is 1080 g/mol. The van der Waals surface area contributed by atoms with Crippen molar-refractivity contribution < 1.29 is 86.1 Å². The predicted octanol–water partition coefficient (Wildman–Crippen LogP) is -3.25. The highest BCUT2D eigenvalue weighted by atomic mass is 32.5. The fourth-order valence-corrected chi connectivity index (χ4v) is 11.3. The van der Waals surface area contributed by atoms with Crippen molar-refractivity contribution in [3.05, 3.63) is 38.0 Å². The zero-order valence-electron chi connectivity index (χ0n) is 35.3. The van der Waals surface area contributed by atoms with Gasteiger partial charge in [-0.2, -0.15) is 0 Å². The van der Waals surface area contributed by atoms with Crippen LogP contribution < -0.4 is 17.2 Å². The minimum absolute atomic E-state index is 0.0195. The van der Waals surface area contributed by atoms with E-state index in [-0.39, 0.29) is 50.9 Å². The number of phosphoric ester groups is 1. The molecule has 33 nitrogen and oxygen atoms in total. The zero-order chi connectivity index (χ0) is 49.9. The lowest BCUT2D eigenvalue weighted by atomic mass is 10.1. The van der Waals surface area contributed by atoms with Crippen LogP contribution in [0.4, 0.5) is 17.5 Å². The van der Waals surface area contributed by atoms with Gasteiger partial charge in [0.15, 0.2) is 53.1 Å². The smallest absolute Gasteiger partial charge is 0.394 e. The minimum atomic E-state index is -4.76. The molecule has 3 aliphatic rings. The van der Waals surface area contributed by atoms with Crippen LogP contribution >= 0.6 is 21.3 Å². The number of nitrogens with zero attached hydrogens (tertiary/aromatic N) is 12. The summed E-state index contributed by atoms with van der Waals surface area (Å²) in [5.74, 6) is 0.0240. The van der Waals surface area contributed by atoms with Gasteiger partial charge in [-0.25, -0.2) is 49.4 Å². The van der Waals surface area contributed by atoms with Crippen LogP contribution in [-0.2, 0) is 69.5 Å². The third-order valence-electron chi connectivity index (χ3n) is 11.0. The van der Waals surface area contributed by atoms with Crippen molar-refractivity contribution in [1.29, 1.82) is 0 Å². The van der Waals surface area contributed by atoms with E-state index < -0.39 is 128 Å². The largest absolute Gasteiger partial charge is 0.472 e. The van der Waals surface area contributed by atoms with Crippen molar-refractivity contribution in [2.45, 2.75) is 73.6 Å². The van der Waals surface area contributed by atoms with Gasteiger partial charge in [0.1, 0.15) is 90.5 Å². The second-order valence-corrected chi connectivity index (χ2v) is 22.4. The van der Waals surface area contributed by atoms with Gasteiger partial charge in [0.25, 0.3) is 0 Å². The third kappa shape index (κ3) is 10.1. The number of ether oxygens (including phenoxy) is 3. The van der Waals surface area contributed by atoms with Crippen LogP contribution in [0.25, 0.3) is 33.5 Å². The molecule has 0 bridgehead atoms. The maximum Gasteiger partial charge on any atom is 0.472 e. The quantitative estimate of drug-likeness (QED) is 0.0355. The molecular weight excluding hydrogens is 1040 g/mol. The van der Waals surface area contributed by atoms with Crippen LogP contribution in [0.3, 0.4) is 0 Å². The Morgan fingerprint density at radius 3 is 1.33 bits per heavy atom. The van der Waals surface area contributed by atoms with Crippen molar-refractivity contribution in [2.75, 3.05) is 50.2 Å². The van der Waals surface area contributed by atoms with E-state index in [2.05, 4.69) is 49.4 Å². The van der Waals surface area contributed by atoms with Crippen LogP contribution in [0.1, 0.15) is 18.7 Å². The second kappa shape index (κ2) is 20.1. The summed E-state index contributed by atoms with van der Waals surface area (Å²) in [7, 11) is -4.76. The molecule has 0 spiro atoms. The summed E-state index contributed by atoms with van der Waals surface area (Å²) in [5, 5.41) is 54.1. The van der Waals surface area contributed by atoms with Crippen molar-refractivity contribution in [3.63, 3.8) is 0 Å². The van der Waals surface area contributed by atoms with Crippen molar-refractivity contribution >= 4 is 95.8 Å². The summed E-state index contributed by atoms with van der Waals surface area (Å²) < 4.78 is 66.9. The molecule has 9 unspecified atom stereocenters. The number of hydrogen-bond donors (Lipinski definition) is 11. The molecule has 0 radical (unpaired) electrons. The van der Waals surface area contributed by atoms with Crippen LogP contribution in [-0.4, -0.2) is 187 Å². The molecule has 0 aromatic carbocycles. The SMILES string of the molecule is Nc1ncnc2c1ncn2[C@@H]1O[C@H](COP(O)(=S)OC2C(O)[C@@H](COP(O)(=S)OC3C(O)[C@@H](COP(=O)(O)OCCO)O[C@H]3n3cnc4c(N)ncnc43)O[C@H]2n2cnc3c(N)ncnc32)C(O)C1O. The zero-order valence-corrected chi connectivity index (χ0v) is 39.7. The molecule has 0 saturated carbocycles. The van der Waals surface area contributed by atoms with E-state index in [4.69, 9.17) is 82.8 Å². The Balaban J connectivity index is 0.914. The van der Waals surface area contributed by atoms with E-state index in [9.17, 15) is 39.7 Å². The number of rotatable bonds is 19. The van der Waals surface area contributed by atoms with Crippen molar-refractivity contribution in [3.8, 4) is 0 Å². The minimum Gasteiger partial charge on any atom is -0.394 e. The highest BCUT2D eigenvalue weighted by Crippen LogP contribution is 2.53. The topological polar surface area (TPSA) is 471 Å². The van der Waals surface area contributed by atoms with Gasteiger partial charge in [-0.15, -0.1) is 0 Å². The van der Waals surface area contributed by atoms with Crippen molar-refractivity contribution in [1.82, 2.24) is 58.6 Å². The lowest BCUT2D eigenvalue weighted by molar-refractivity contribution is -0.0591. The Hall–Kier alpha value is -4.10. The number of phosphoric acid groups is 1. The number of imidazole rings is 3. The number of anilines is 3. The fraction of sp³-hybridized carbons (Fsp3) is 0.531. The molecule has 6 aromatic rings. The van der Waals surface area contributed by atoms with E-state index in [1.54, 1.807) is 0 Å². The van der Waals surface area contributed by atoms with Gasteiger partial charge in [0.05, 0.1) is 52.0 Å². The Bertz CT molecular complexity index is 3020. The number of hydrogen-bond acceptors (Lipinski definition) is 29. The number of aromatic nitrogens is 12. The highest BCUT2D eigenvalue weighted by molar-refractivity contribution is 8.07. The van der Waals surface area contributed by atoms with Crippen LogP contribution in [0.2, 0.25) is 0 Å². The van der Waals surface area contributed by atoms with Gasteiger partial charge in [-0.1, -0.05) is 0 Å². The van der Waals surface area contributed by atoms with Crippen LogP contribution in [0.5, 0.6) is 0 Å². The van der Waals surface area contributed by atoms with E-state index in [0.29, 0.717) is 0 Å². The maximum absolute atomic E-state index is 12.4. The van der Waals surface area contributed by atoms with Gasteiger partial charge >= 0.3 is 21.3 Å². The van der Waals surface area contributed by atoms with Crippen LogP contribution in [0.15, 0.2) is 38.0 Å². The first-order valence-electron chi connectivity index (χ1n) is 20.3. The molecule has 70 heavy (non-hydrogen) atoms. The molecule has 380 valence electrons. The summed E-state index contributed by atoms with van der Waals surface area (Å²) in [5.41, 5.74) is 18.7. The van der Waals surface area contributed by atoms with Gasteiger partial charge in [0, 0.05) is 0 Å². The van der Waals surface area contributed by atoms with E-state index in [1.165, 1.54) is 39.0 Å². The Morgan fingerprint density at radius 1 is 0.543 bits per heavy atom. The third-order valence-corrected chi connectivity index (χ3v) is 15.1. The molecule has 3 fully saturated rings. The normalized spacial score (nSPS) is 30.9. The number of nitrogens with two attached hydrogens (primary N) is 3. The van der Waals surface area contributed by atoms with Crippen LogP contribution in [0, 0.1) is 0 Å². The monoisotopic (exact) mass is 1080 g/mol. The first kappa shape index (κ1) is 50.8. The van der Waals surface area contributed by atoms with Gasteiger partial charge in [0.2, 0.25) is 0 Å². The number of aliphatic hydroxyl groups is 5. The molecule has 3 saturated heterocycles. The standard InChI is InChI=1S/C32H42N15O18P3S2/c33-24-15-27(39-6-36-24)45(9-42-15)30-21(52)18(49)12(61-30)4-59-67(55,69)65-23-20(51)14(63-32(23)47-11-44-17-26(35)38-8-41-29(17)47)5-60-68(56,70)64-22-19(50)13(3-58-66(53,54)57-2-1-48)62-31(22)46-10-43-16-25(34)37-7-40-28(16)46/h6-14,18-23,30-32,48-52H,1-5H2,(H,53,54)(H,55,69)(H,56,70)(H2,33,36,39)(H2,34,37,40)(H2,35,38,41)/t12-,13-,14-,18?,19?,20?,21?,22?,23?,30-,31-,32-,67?,68?/m1/s1. The summed E-state index contributed by atoms with van der Waals surface area (Å²) in [6.45, 7) is -12.4. The molecular formula is C32H42N15O18P3S2. The molecule has 15 atom stereocenters. The summed E-state index contributed by atoms with van der Waals surface area (Å²) in [6.07, 6.45) is -11.3. The maximum atomic E-state index is 12.4. The summed E-state index contributed by atoms with van der Waals surface area (Å²) in [4.78, 5) is 69.8. The van der Waals surface area contributed by atoms with E-state index >= 15 is 0 Å². The molecule has 9 heterocycles. The predicted molar refractivity (Wildman–Crippen MR) is 238 cm³/mol. The molecule has 14 N–H and O–H groups in total. The van der Waals surface area contributed by atoms with Gasteiger partial charge < -0.3 is 80.7 Å². The highest BCUT2D eigenvalue weighted by Gasteiger charge is 2.52. The summed E-state index contributed by atoms with van der Waals surface area (Å²) >= 11 is 10.7. The van der Waals surface area contributed by atoms with E-state index in [0.717, 1.165) is 12.7 Å². The Morgan fingerprint density at radius 2 is 0.914 bits per heavy atom. The van der Waals surface area contributed by atoms with Gasteiger partial charge in [-0.3, -0.25) is 31.8 Å². The van der Waals surface area contributed by atoms with Gasteiger partial charge in [-0.05, 0) is 23.6 Å². The Labute approximate surface area is 401 Å². The lowest BCUT2D eigenvalue weighted by Gasteiger charge is -2.27. The molecule has 0 aliphatic carbocycles.